The normalized spacial score (nSPS) is 17.8. The van der Waals surface area contributed by atoms with Gasteiger partial charge in [0.15, 0.2) is 0 Å². The topological polar surface area (TPSA) is 83.8 Å². The molecule has 0 bridgehead atoms. The molecule has 0 saturated heterocycles. The lowest BCUT2D eigenvalue weighted by Crippen LogP contribution is -2.18. The number of rotatable bonds is 7. The van der Waals surface area contributed by atoms with Crippen molar-refractivity contribution < 1.29 is 4.74 Å². The third-order valence-corrected chi connectivity index (χ3v) is 7.57. The SMILES string of the molecule is Cn1ccc(CC[C@H]2CC[C@@H](n3cc(-c4ccc(Oc5ccccc5)cc4)c4c(N)ncnc43)CC2)n1. The molecule has 0 atom stereocenters. The van der Waals surface area contributed by atoms with E-state index in [4.69, 9.17) is 10.5 Å². The number of aromatic nitrogens is 5. The van der Waals surface area contributed by atoms with Gasteiger partial charge in [0.25, 0.3) is 0 Å². The summed E-state index contributed by atoms with van der Waals surface area (Å²) in [7, 11) is 1.98. The summed E-state index contributed by atoms with van der Waals surface area (Å²) in [5, 5.41) is 5.46. The lowest BCUT2D eigenvalue weighted by molar-refractivity contribution is 0.267. The predicted octanol–water partition coefficient (Wildman–Crippen LogP) is 6.57. The molecule has 3 heterocycles. The highest BCUT2D eigenvalue weighted by Crippen LogP contribution is 2.40. The van der Waals surface area contributed by atoms with Crippen LogP contribution in [0.2, 0.25) is 0 Å². The molecule has 0 spiro atoms. The summed E-state index contributed by atoms with van der Waals surface area (Å²) in [5.74, 6) is 2.89. The molecule has 1 fully saturated rings. The summed E-state index contributed by atoms with van der Waals surface area (Å²) in [6, 6.07) is 20.5. The molecule has 188 valence electrons. The van der Waals surface area contributed by atoms with Gasteiger partial charge in [0.2, 0.25) is 0 Å². The quantitative estimate of drug-likeness (QED) is 0.278. The Morgan fingerprint density at radius 1 is 0.919 bits per heavy atom. The second-order valence-corrected chi connectivity index (χ2v) is 10.0. The number of hydrogen-bond donors (Lipinski definition) is 1. The first-order chi connectivity index (χ1) is 18.1. The highest BCUT2D eigenvalue weighted by Gasteiger charge is 2.26. The number of hydrogen-bond acceptors (Lipinski definition) is 5. The van der Waals surface area contributed by atoms with Crippen molar-refractivity contribution >= 4 is 16.9 Å². The Hall–Kier alpha value is -4.13. The number of anilines is 1. The summed E-state index contributed by atoms with van der Waals surface area (Å²) in [6.07, 6.45) is 12.8. The fourth-order valence-corrected chi connectivity index (χ4v) is 5.59. The smallest absolute Gasteiger partial charge is 0.146 e. The van der Waals surface area contributed by atoms with Crippen molar-refractivity contribution in [2.24, 2.45) is 13.0 Å². The molecule has 0 amide bonds. The third kappa shape index (κ3) is 4.94. The zero-order valence-electron chi connectivity index (χ0n) is 21.1. The number of ether oxygens (including phenoxy) is 1. The first kappa shape index (κ1) is 23.3. The maximum absolute atomic E-state index is 6.39. The van der Waals surface area contributed by atoms with Crippen molar-refractivity contribution in [3.8, 4) is 22.6 Å². The molecule has 0 aliphatic heterocycles. The minimum absolute atomic E-state index is 0.414. The molecule has 0 radical (unpaired) electrons. The van der Waals surface area contributed by atoms with Gasteiger partial charge in [-0.1, -0.05) is 30.3 Å². The first-order valence-electron chi connectivity index (χ1n) is 13.1. The molecular weight excluding hydrogens is 460 g/mol. The van der Waals surface area contributed by atoms with Crippen molar-refractivity contribution in [3.63, 3.8) is 0 Å². The van der Waals surface area contributed by atoms with Gasteiger partial charge in [0, 0.05) is 31.0 Å². The monoisotopic (exact) mass is 492 g/mol. The van der Waals surface area contributed by atoms with Crippen LogP contribution in [0.1, 0.15) is 43.8 Å². The molecule has 5 aromatic rings. The van der Waals surface area contributed by atoms with Gasteiger partial charge in [-0.05, 0) is 80.3 Å². The lowest BCUT2D eigenvalue weighted by Gasteiger charge is -2.29. The van der Waals surface area contributed by atoms with E-state index in [-0.39, 0.29) is 0 Å². The predicted molar refractivity (Wildman–Crippen MR) is 146 cm³/mol. The van der Waals surface area contributed by atoms with E-state index in [0.717, 1.165) is 58.8 Å². The Bertz CT molecular complexity index is 1480. The lowest BCUT2D eigenvalue weighted by atomic mass is 9.83. The van der Waals surface area contributed by atoms with E-state index >= 15 is 0 Å². The number of aryl methyl sites for hydroxylation is 2. The van der Waals surface area contributed by atoms with E-state index in [9.17, 15) is 0 Å². The average molecular weight is 493 g/mol. The summed E-state index contributed by atoms with van der Waals surface area (Å²) in [6.45, 7) is 0. The fraction of sp³-hybridized carbons (Fsp3) is 0.300. The van der Waals surface area contributed by atoms with E-state index in [1.807, 2.05) is 60.4 Å². The van der Waals surface area contributed by atoms with Crippen molar-refractivity contribution in [2.45, 2.75) is 44.6 Å². The highest BCUT2D eigenvalue weighted by molar-refractivity contribution is 6.00. The Labute approximate surface area is 216 Å². The zero-order valence-corrected chi connectivity index (χ0v) is 21.1. The Morgan fingerprint density at radius 3 is 2.41 bits per heavy atom. The molecule has 2 aromatic carbocycles. The van der Waals surface area contributed by atoms with Gasteiger partial charge in [-0.2, -0.15) is 5.10 Å². The van der Waals surface area contributed by atoms with Crippen molar-refractivity contribution in [1.82, 2.24) is 24.3 Å². The minimum atomic E-state index is 0.414. The van der Waals surface area contributed by atoms with Gasteiger partial charge in [0.1, 0.15) is 29.3 Å². The van der Waals surface area contributed by atoms with Crippen LogP contribution in [0.4, 0.5) is 5.82 Å². The van der Waals surface area contributed by atoms with E-state index in [1.54, 1.807) is 6.33 Å². The van der Waals surface area contributed by atoms with Crippen LogP contribution in [-0.2, 0) is 13.5 Å². The van der Waals surface area contributed by atoms with Gasteiger partial charge in [0.05, 0.1) is 11.1 Å². The Kier molecular flexibility index (Phi) is 6.35. The summed E-state index contributed by atoms with van der Waals surface area (Å²) in [4.78, 5) is 8.98. The van der Waals surface area contributed by atoms with Gasteiger partial charge in [-0.3, -0.25) is 4.68 Å². The van der Waals surface area contributed by atoms with Crippen molar-refractivity contribution in [2.75, 3.05) is 5.73 Å². The molecule has 2 N–H and O–H groups in total. The summed E-state index contributed by atoms with van der Waals surface area (Å²) in [5.41, 5.74) is 10.6. The fourth-order valence-electron chi connectivity index (χ4n) is 5.59. The highest BCUT2D eigenvalue weighted by atomic mass is 16.5. The van der Waals surface area contributed by atoms with E-state index in [1.165, 1.54) is 25.0 Å². The third-order valence-electron chi connectivity index (χ3n) is 7.57. The van der Waals surface area contributed by atoms with Crippen LogP contribution in [0.5, 0.6) is 11.5 Å². The standard InChI is InChI=1S/C30H32N6O/c1-35-18-17-23(34-35)12-7-21-8-13-24(14-9-21)36-19-27(28-29(31)32-20-33-30(28)36)22-10-15-26(16-11-22)37-25-5-3-2-4-6-25/h2-6,10-11,15-21,24H,7-9,12-14H2,1H3,(H2,31,32,33)/t21-,24+. The molecule has 3 aromatic heterocycles. The Morgan fingerprint density at radius 2 is 1.68 bits per heavy atom. The van der Waals surface area contributed by atoms with Crippen LogP contribution in [0.3, 0.4) is 0 Å². The second-order valence-electron chi connectivity index (χ2n) is 10.0. The largest absolute Gasteiger partial charge is 0.457 e. The van der Waals surface area contributed by atoms with Gasteiger partial charge in [-0.15, -0.1) is 0 Å². The number of para-hydroxylation sites is 1. The maximum Gasteiger partial charge on any atom is 0.146 e. The number of benzene rings is 2. The molecule has 1 saturated carbocycles. The second kappa shape index (κ2) is 10.1. The molecule has 1 aliphatic carbocycles. The van der Waals surface area contributed by atoms with Crippen molar-refractivity contribution in [3.05, 3.63) is 85.1 Å². The molecule has 37 heavy (non-hydrogen) atoms. The molecule has 7 heteroatoms. The molecular formula is C30H32N6O. The average Bonchev–Trinajstić information content (AvgIpc) is 3.53. The summed E-state index contributed by atoms with van der Waals surface area (Å²) < 4.78 is 10.2. The molecule has 0 unspecified atom stereocenters. The molecule has 1 aliphatic rings. The summed E-state index contributed by atoms with van der Waals surface area (Å²) >= 11 is 0. The number of nitrogens with two attached hydrogens (primary N) is 1. The van der Waals surface area contributed by atoms with Crippen LogP contribution in [0.15, 0.2) is 79.4 Å². The maximum atomic E-state index is 6.39. The minimum Gasteiger partial charge on any atom is -0.457 e. The van der Waals surface area contributed by atoms with Crippen LogP contribution in [-0.4, -0.2) is 24.3 Å². The van der Waals surface area contributed by atoms with Crippen LogP contribution >= 0.6 is 0 Å². The first-order valence-corrected chi connectivity index (χ1v) is 13.1. The number of nitrogen functional groups attached to an aromatic ring is 1. The van der Waals surface area contributed by atoms with E-state index in [2.05, 4.69) is 44.0 Å². The van der Waals surface area contributed by atoms with E-state index in [0.29, 0.717) is 11.9 Å². The Balaban J connectivity index is 1.20. The van der Waals surface area contributed by atoms with Gasteiger partial charge >= 0.3 is 0 Å². The number of fused-ring (bicyclic) bond motifs is 1. The van der Waals surface area contributed by atoms with Gasteiger partial charge < -0.3 is 15.0 Å². The van der Waals surface area contributed by atoms with Crippen LogP contribution in [0.25, 0.3) is 22.2 Å². The molecule has 7 nitrogen and oxygen atoms in total. The number of nitrogens with zero attached hydrogens (tertiary/aromatic N) is 5. The molecule has 6 rings (SSSR count). The van der Waals surface area contributed by atoms with Crippen molar-refractivity contribution in [1.29, 1.82) is 0 Å². The van der Waals surface area contributed by atoms with E-state index < -0.39 is 0 Å². The van der Waals surface area contributed by atoms with Crippen LogP contribution < -0.4 is 10.5 Å². The van der Waals surface area contributed by atoms with Crippen LogP contribution in [0, 0.1) is 5.92 Å². The van der Waals surface area contributed by atoms with Gasteiger partial charge in [-0.25, -0.2) is 9.97 Å². The zero-order chi connectivity index (χ0) is 25.2.